The minimum Gasteiger partial charge on any atom is -0.504 e. The van der Waals surface area contributed by atoms with Gasteiger partial charge < -0.3 is 25.4 Å². The first kappa shape index (κ1) is 23.1. The molecule has 1 aromatic carbocycles. The summed E-state index contributed by atoms with van der Waals surface area (Å²) in [6.07, 6.45) is 6.82. The number of ether oxygens (including phenoxy) is 1. The summed E-state index contributed by atoms with van der Waals surface area (Å²) in [5.41, 5.74) is 0.958. The largest absolute Gasteiger partial charge is 0.504 e. The van der Waals surface area contributed by atoms with Gasteiger partial charge in [0.05, 0.1) is 13.7 Å². The average molecular weight is 502 g/mol. The summed E-state index contributed by atoms with van der Waals surface area (Å²) in [6.45, 7) is 6.97. The van der Waals surface area contributed by atoms with Crippen LogP contribution in [0.3, 0.4) is 0 Å². The van der Waals surface area contributed by atoms with Crippen molar-refractivity contribution < 1.29 is 9.84 Å². The summed E-state index contributed by atoms with van der Waals surface area (Å²) in [4.78, 5) is 7.31. The zero-order valence-electron chi connectivity index (χ0n) is 17.1. The fraction of sp³-hybridized carbons (Fsp3) is 0.667. The predicted octanol–water partition coefficient (Wildman–Crippen LogP) is 3.34. The number of nitrogens with zero attached hydrogens (tertiary/aromatic N) is 2. The van der Waals surface area contributed by atoms with E-state index in [9.17, 15) is 5.11 Å². The van der Waals surface area contributed by atoms with Gasteiger partial charge >= 0.3 is 0 Å². The first-order valence-electron chi connectivity index (χ1n) is 10.3. The van der Waals surface area contributed by atoms with Gasteiger partial charge in [-0.2, -0.15) is 0 Å². The number of nitrogens with one attached hydrogen (secondary N) is 2. The van der Waals surface area contributed by atoms with E-state index in [2.05, 4.69) is 22.5 Å². The quantitative estimate of drug-likeness (QED) is 0.303. The number of aromatic hydroxyl groups is 1. The molecule has 0 spiro atoms. The highest BCUT2D eigenvalue weighted by molar-refractivity contribution is 14.0. The van der Waals surface area contributed by atoms with Crippen molar-refractivity contribution in [2.24, 2.45) is 10.9 Å². The molecule has 2 aliphatic rings. The maximum Gasteiger partial charge on any atom is 0.191 e. The number of hydrogen-bond acceptors (Lipinski definition) is 4. The Bertz CT molecular complexity index is 635. The van der Waals surface area contributed by atoms with Crippen LogP contribution >= 0.6 is 24.0 Å². The second-order valence-corrected chi connectivity index (χ2v) is 7.74. The summed E-state index contributed by atoms with van der Waals surface area (Å²) in [5.74, 6) is 2.40. The number of guanidine groups is 1. The van der Waals surface area contributed by atoms with E-state index < -0.39 is 0 Å². The Morgan fingerprint density at radius 1 is 1.29 bits per heavy atom. The van der Waals surface area contributed by atoms with E-state index in [4.69, 9.17) is 9.73 Å². The molecule has 1 saturated heterocycles. The SMILES string of the molecule is CCNC(=NCc1ccc(OC)c(O)c1)NC1CCN(CC2CCCC2)C1.I. The molecule has 0 aromatic heterocycles. The molecule has 1 aliphatic heterocycles. The molecule has 158 valence electrons. The fourth-order valence-electron chi connectivity index (χ4n) is 4.19. The topological polar surface area (TPSA) is 69.1 Å². The fourth-order valence-corrected chi connectivity index (χ4v) is 4.19. The number of likely N-dealkylation sites (tertiary alicyclic amines) is 1. The average Bonchev–Trinajstić information content (AvgIpc) is 3.32. The second kappa shape index (κ2) is 11.7. The van der Waals surface area contributed by atoms with E-state index in [0.717, 1.165) is 30.5 Å². The Kier molecular flexibility index (Phi) is 9.64. The molecule has 1 heterocycles. The number of aliphatic imine (C=N–C) groups is 1. The van der Waals surface area contributed by atoms with Crippen molar-refractivity contribution >= 4 is 29.9 Å². The molecule has 0 radical (unpaired) electrons. The van der Waals surface area contributed by atoms with Crippen LogP contribution in [0.1, 0.15) is 44.6 Å². The second-order valence-electron chi connectivity index (χ2n) is 7.74. The Balaban J connectivity index is 0.00000280. The van der Waals surface area contributed by atoms with Crippen molar-refractivity contribution in [3.8, 4) is 11.5 Å². The van der Waals surface area contributed by atoms with Crippen molar-refractivity contribution in [1.82, 2.24) is 15.5 Å². The lowest BCUT2D eigenvalue weighted by atomic mass is 10.1. The summed E-state index contributed by atoms with van der Waals surface area (Å²) in [5, 5.41) is 16.9. The smallest absolute Gasteiger partial charge is 0.191 e. The van der Waals surface area contributed by atoms with Crippen molar-refractivity contribution in [1.29, 1.82) is 0 Å². The van der Waals surface area contributed by atoms with Crippen molar-refractivity contribution in [2.75, 3.05) is 33.3 Å². The van der Waals surface area contributed by atoms with Crippen LogP contribution in [0.25, 0.3) is 0 Å². The third kappa shape index (κ3) is 6.69. The summed E-state index contributed by atoms with van der Waals surface area (Å²) >= 11 is 0. The lowest BCUT2D eigenvalue weighted by molar-refractivity contribution is 0.275. The van der Waals surface area contributed by atoms with E-state index >= 15 is 0 Å². The Hall–Kier alpha value is -1.22. The van der Waals surface area contributed by atoms with Crippen molar-refractivity contribution in [3.05, 3.63) is 23.8 Å². The zero-order chi connectivity index (χ0) is 19.1. The normalized spacial score (nSPS) is 20.8. The third-order valence-corrected chi connectivity index (χ3v) is 5.61. The van der Waals surface area contributed by atoms with Gasteiger partial charge in [-0.15, -0.1) is 24.0 Å². The highest BCUT2D eigenvalue weighted by atomic mass is 127. The molecule has 1 aliphatic carbocycles. The van der Waals surface area contributed by atoms with E-state index in [0.29, 0.717) is 18.3 Å². The van der Waals surface area contributed by atoms with Gasteiger partial charge in [-0.3, -0.25) is 0 Å². The highest BCUT2D eigenvalue weighted by Gasteiger charge is 2.26. The zero-order valence-corrected chi connectivity index (χ0v) is 19.4. The maximum absolute atomic E-state index is 9.93. The molecular weight excluding hydrogens is 467 g/mol. The Labute approximate surface area is 186 Å². The summed E-state index contributed by atoms with van der Waals surface area (Å²) < 4.78 is 5.10. The molecule has 0 bridgehead atoms. The molecule has 28 heavy (non-hydrogen) atoms. The van der Waals surface area contributed by atoms with Crippen LogP contribution in [-0.2, 0) is 6.54 Å². The number of halogens is 1. The molecule has 6 nitrogen and oxygen atoms in total. The van der Waals surface area contributed by atoms with E-state index in [1.807, 2.05) is 6.07 Å². The first-order valence-corrected chi connectivity index (χ1v) is 10.3. The van der Waals surface area contributed by atoms with Crippen LogP contribution in [0.5, 0.6) is 11.5 Å². The van der Waals surface area contributed by atoms with Crippen molar-refractivity contribution in [2.45, 2.75) is 51.6 Å². The molecule has 3 rings (SSSR count). The molecule has 3 N–H and O–H groups in total. The monoisotopic (exact) mass is 502 g/mol. The van der Waals surface area contributed by atoms with Crippen LogP contribution < -0.4 is 15.4 Å². The predicted molar refractivity (Wildman–Crippen MR) is 125 cm³/mol. The minimum atomic E-state index is 0. The van der Waals surface area contributed by atoms with E-state index in [1.54, 1.807) is 19.2 Å². The molecule has 0 amide bonds. The number of rotatable bonds is 7. The van der Waals surface area contributed by atoms with Gasteiger partial charge in [0.1, 0.15) is 0 Å². The molecule has 1 saturated carbocycles. The molecule has 1 atom stereocenters. The van der Waals surface area contributed by atoms with Gasteiger partial charge in [-0.05, 0) is 49.8 Å². The lowest BCUT2D eigenvalue weighted by Gasteiger charge is -2.21. The first-order chi connectivity index (χ1) is 13.2. The van der Waals surface area contributed by atoms with E-state index in [1.165, 1.54) is 45.2 Å². The van der Waals surface area contributed by atoms with Gasteiger partial charge in [0.25, 0.3) is 0 Å². The van der Waals surface area contributed by atoms with Gasteiger partial charge in [0, 0.05) is 32.2 Å². The minimum absolute atomic E-state index is 0. The molecular formula is C21H35IN4O2. The third-order valence-electron chi connectivity index (χ3n) is 5.61. The molecule has 1 aromatic rings. The van der Waals surface area contributed by atoms with Gasteiger partial charge in [-0.1, -0.05) is 18.9 Å². The summed E-state index contributed by atoms with van der Waals surface area (Å²) in [6, 6.07) is 5.88. The highest BCUT2D eigenvalue weighted by Crippen LogP contribution is 2.27. The van der Waals surface area contributed by atoms with Gasteiger partial charge in [0.15, 0.2) is 17.5 Å². The van der Waals surface area contributed by atoms with E-state index in [-0.39, 0.29) is 29.7 Å². The number of methoxy groups -OCH3 is 1. The number of phenolic OH excluding ortho intramolecular Hbond substituents is 1. The molecule has 7 heteroatoms. The van der Waals surface area contributed by atoms with Crippen LogP contribution in [-0.4, -0.2) is 55.3 Å². The van der Waals surface area contributed by atoms with Crippen LogP contribution in [0.4, 0.5) is 0 Å². The molecule has 1 unspecified atom stereocenters. The lowest BCUT2D eigenvalue weighted by Crippen LogP contribution is -2.44. The van der Waals surface area contributed by atoms with Crippen LogP contribution in [0.2, 0.25) is 0 Å². The Morgan fingerprint density at radius 2 is 2.07 bits per heavy atom. The van der Waals surface area contributed by atoms with Crippen molar-refractivity contribution in [3.63, 3.8) is 0 Å². The number of phenols is 1. The standard InChI is InChI=1S/C21H34N4O2.HI/c1-3-22-21(23-13-17-8-9-20(27-2)19(26)12-17)24-18-10-11-25(15-18)14-16-6-4-5-7-16;/h8-9,12,16,18,26H,3-7,10-11,13-15H2,1-2H3,(H2,22,23,24);1H. The van der Waals surface area contributed by atoms with Crippen LogP contribution in [0, 0.1) is 5.92 Å². The molecule has 2 fully saturated rings. The van der Waals surface area contributed by atoms with Gasteiger partial charge in [0.2, 0.25) is 0 Å². The number of benzene rings is 1. The summed E-state index contributed by atoms with van der Waals surface area (Å²) in [7, 11) is 1.55. The Morgan fingerprint density at radius 3 is 2.75 bits per heavy atom. The van der Waals surface area contributed by atoms with Crippen LogP contribution in [0.15, 0.2) is 23.2 Å². The number of hydrogen-bond donors (Lipinski definition) is 3. The van der Waals surface area contributed by atoms with Gasteiger partial charge in [-0.25, -0.2) is 4.99 Å². The maximum atomic E-state index is 9.93.